The van der Waals surface area contributed by atoms with Gasteiger partial charge in [-0.15, -0.1) is 0 Å². The molecular weight excluding hydrogens is 327 g/mol. The quantitative estimate of drug-likeness (QED) is 0.549. The number of halogens is 3. The van der Waals surface area contributed by atoms with Gasteiger partial charge in [0.05, 0.1) is 6.61 Å². The van der Waals surface area contributed by atoms with Gasteiger partial charge in [0.25, 0.3) is 0 Å². The Balaban J connectivity index is 2.12. The topological polar surface area (TPSA) is 35.2 Å². The van der Waals surface area contributed by atoms with Crippen LogP contribution in [-0.2, 0) is 0 Å². The van der Waals surface area contributed by atoms with Crippen molar-refractivity contribution in [2.24, 2.45) is 5.73 Å². The van der Waals surface area contributed by atoms with E-state index in [9.17, 15) is 13.2 Å². The number of hydrogen-bond acceptors (Lipinski definition) is 2. The molecule has 5 heteroatoms. The number of alkyl halides is 3. The second-order valence-electron chi connectivity index (χ2n) is 6.34. The minimum Gasteiger partial charge on any atom is -0.493 e. The molecule has 0 heterocycles. The molecule has 0 aromatic heterocycles. The van der Waals surface area contributed by atoms with Crippen LogP contribution in [0.4, 0.5) is 13.2 Å². The van der Waals surface area contributed by atoms with Crippen molar-refractivity contribution in [3.63, 3.8) is 0 Å². The van der Waals surface area contributed by atoms with Crippen molar-refractivity contribution in [1.29, 1.82) is 0 Å². The summed E-state index contributed by atoms with van der Waals surface area (Å²) in [7, 11) is 0. The van der Waals surface area contributed by atoms with E-state index in [0.29, 0.717) is 23.1 Å². The fraction of sp³-hybridized carbons (Fsp3) is 0.500. The zero-order valence-electron chi connectivity index (χ0n) is 14.6. The highest BCUT2D eigenvalue weighted by molar-refractivity contribution is 5.91. The van der Waals surface area contributed by atoms with Gasteiger partial charge >= 0.3 is 6.18 Å². The molecule has 0 unspecified atom stereocenters. The summed E-state index contributed by atoms with van der Waals surface area (Å²) in [5.74, 6) is 0.473. The molecular formula is C20H26F3NO. The summed E-state index contributed by atoms with van der Waals surface area (Å²) in [5, 5.41) is 1.17. The Kier molecular flexibility index (Phi) is 7.12. The maximum atomic E-state index is 13.1. The van der Waals surface area contributed by atoms with E-state index >= 15 is 0 Å². The highest BCUT2D eigenvalue weighted by Crippen LogP contribution is 2.38. The SMILES string of the molecule is CCCCCCCCOc1cccc2cccc([C@H](N)C(F)(F)F)c12. The molecule has 25 heavy (non-hydrogen) atoms. The van der Waals surface area contributed by atoms with Crippen molar-refractivity contribution in [3.8, 4) is 5.75 Å². The molecule has 0 saturated heterocycles. The summed E-state index contributed by atoms with van der Waals surface area (Å²) in [6.07, 6.45) is 2.30. The van der Waals surface area contributed by atoms with Gasteiger partial charge in [-0.2, -0.15) is 13.2 Å². The van der Waals surface area contributed by atoms with Crippen molar-refractivity contribution in [2.75, 3.05) is 6.61 Å². The summed E-state index contributed by atoms with van der Waals surface area (Å²) in [4.78, 5) is 0. The molecule has 0 aliphatic carbocycles. The van der Waals surface area contributed by atoms with E-state index in [1.807, 2.05) is 0 Å². The fourth-order valence-electron chi connectivity index (χ4n) is 2.95. The van der Waals surface area contributed by atoms with Crippen LogP contribution in [0.5, 0.6) is 5.75 Å². The Bertz CT molecular complexity index is 664. The van der Waals surface area contributed by atoms with Crippen molar-refractivity contribution < 1.29 is 17.9 Å². The standard InChI is InChI=1S/C20H26F3NO/c1-2-3-4-5-6-7-14-25-17-13-9-11-15-10-8-12-16(18(15)17)19(24)20(21,22)23/h8-13,19H,2-7,14,24H2,1H3/t19-/m0/s1. The van der Waals surface area contributed by atoms with Gasteiger partial charge in [-0.05, 0) is 23.4 Å². The number of nitrogens with two attached hydrogens (primary N) is 1. The molecule has 2 N–H and O–H groups in total. The van der Waals surface area contributed by atoms with Crippen molar-refractivity contribution in [3.05, 3.63) is 42.0 Å². The third-order valence-electron chi connectivity index (χ3n) is 4.34. The van der Waals surface area contributed by atoms with Gasteiger partial charge in [0.1, 0.15) is 11.8 Å². The van der Waals surface area contributed by atoms with Crippen LogP contribution >= 0.6 is 0 Å². The van der Waals surface area contributed by atoms with E-state index in [2.05, 4.69) is 6.92 Å². The van der Waals surface area contributed by atoms with E-state index in [4.69, 9.17) is 10.5 Å². The van der Waals surface area contributed by atoms with Crippen LogP contribution in [0.3, 0.4) is 0 Å². The molecule has 0 aliphatic heterocycles. The second-order valence-corrected chi connectivity index (χ2v) is 6.34. The van der Waals surface area contributed by atoms with Crippen LogP contribution in [0.2, 0.25) is 0 Å². The van der Waals surface area contributed by atoms with Crippen molar-refractivity contribution in [2.45, 2.75) is 57.7 Å². The van der Waals surface area contributed by atoms with Gasteiger partial charge in [-0.1, -0.05) is 69.4 Å². The molecule has 0 radical (unpaired) electrons. The Labute approximate surface area is 147 Å². The predicted molar refractivity (Wildman–Crippen MR) is 95.8 cm³/mol. The molecule has 1 atom stereocenters. The monoisotopic (exact) mass is 353 g/mol. The average molecular weight is 353 g/mol. The lowest BCUT2D eigenvalue weighted by Crippen LogP contribution is -2.28. The maximum absolute atomic E-state index is 13.1. The first-order chi connectivity index (χ1) is 11.9. The van der Waals surface area contributed by atoms with Gasteiger partial charge in [0.15, 0.2) is 0 Å². The Morgan fingerprint density at radius 2 is 1.60 bits per heavy atom. The van der Waals surface area contributed by atoms with Crippen LogP contribution < -0.4 is 10.5 Å². The molecule has 0 spiro atoms. The lowest BCUT2D eigenvalue weighted by molar-refractivity contribution is -0.148. The third kappa shape index (κ3) is 5.36. The number of hydrogen-bond donors (Lipinski definition) is 1. The zero-order valence-corrected chi connectivity index (χ0v) is 14.6. The van der Waals surface area contributed by atoms with Crippen molar-refractivity contribution >= 4 is 10.8 Å². The van der Waals surface area contributed by atoms with Gasteiger partial charge < -0.3 is 10.5 Å². The van der Waals surface area contributed by atoms with Crippen LogP contribution in [0, 0.1) is 0 Å². The van der Waals surface area contributed by atoms with Gasteiger partial charge in [-0.3, -0.25) is 0 Å². The van der Waals surface area contributed by atoms with Gasteiger partial charge in [0, 0.05) is 5.39 Å². The summed E-state index contributed by atoms with van der Waals surface area (Å²) in [6.45, 7) is 2.67. The summed E-state index contributed by atoms with van der Waals surface area (Å²) in [6, 6.07) is 8.07. The average Bonchev–Trinajstić information content (AvgIpc) is 2.59. The third-order valence-corrected chi connectivity index (χ3v) is 4.34. The van der Waals surface area contributed by atoms with Gasteiger partial charge in [0.2, 0.25) is 0 Å². The van der Waals surface area contributed by atoms with E-state index < -0.39 is 12.2 Å². The van der Waals surface area contributed by atoms with Crippen LogP contribution in [0.15, 0.2) is 36.4 Å². The number of ether oxygens (including phenoxy) is 1. The fourth-order valence-corrected chi connectivity index (χ4v) is 2.95. The second kappa shape index (κ2) is 9.09. The largest absolute Gasteiger partial charge is 0.493 e. The minimum absolute atomic E-state index is 0.0588. The van der Waals surface area contributed by atoms with Crippen LogP contribution in [0.1, 0.15) is 57.1 Å². The van der Waals surface area contributed by atoms with E-state index in [1.54, 1.807) is 30.3 Å². The lowest BCUT2D eigenvalue weighted by atomic mass is 9.98. The maximum Gasteiger partial charge on any atom is 0.407 e. The molecule has 2 nitrogen and oxygen atoms in total. The van der Waals surface area contributed by atoms with E-state index in [-0.39, 0.29) is 5.56 Å². The lowest BCUT2D eigenvalue weighted by Gasteiger charge is -2.19. The minimum atomic E-state index is -4.49. The molecule has 0 saturated carbocycles. The molecule has 138 valence electrons. The van der Waals surface area contributed by atoms with E-state index in [0.717, 1.165) is 19.3 Å². The molecule has 2 aromatic rings. The first-order valence-corrected chi connectivity index (χ1v) is 8.92. The molecule has 0 aliphatic rings. The Morgan fingerprint density at radius 1 is 0.960 bits per heavy atom. The Hall–Kier alpha value is -1.75. The number of benzene rings is 2. The number of fused-ring (bicyclic) bond motifs is 1. The van der Waals surface area contributed by atoms with Crippen LogP contribution in [0.25, 0.3) is 10.8 Å². The zero-order chi connectivity index (χ0) is 18.3. The highest BCUT2D eigenvalue weighted by atomic mass is 19.4. The predicted octanol–water partition coefficient (Wildman–Crippen LogP) is 6.14. The summed E-state index contributed by atoms with van der Waals surface area (Å²) < 4.78 is 45.1. The smallest absolute Gasteiger partial charge is 0.407 e. The highest BCUT2D eigenvalue weighted by Gasteiger charge is 2.39. The first kappa shape index (κ1) is 19.6. The van der Waals surface area contributed by atoms with Gasteiger partial charge in [-0.25, -0.2) is 0 Å². The van der Waals surface area contributed by atoms with Crippen LogP contribution in [-0.4, -0.2) is 12.8 Å². The molecule has 0 amide bonds. The van der Waals surface area contributed by atoms with Crippen molar-refractivity contribution in [1.82, 2.24) is 0 Å². The normalized spacial score (nSPS) is 13.2. The Morgan fingerprint density at radius 3 is 2.28 bits per heavy atom. The molecule has 0 fully saturated rings. The summed E-state index contributed by atoms with van der Waals surface area (Å²) in [5.41, 5.74) is 5.51. The summed E-state index contributed by atoms with van der Waals surface area (Å²) >= 11 is 0. The molecule has 2 aromatic carbocycles. The first-order valence-electron chi connectivity index (χ1n) is 8.92. The number of rotatable bonds is 9. The number of unbranched alkanes of at least 4 members (excludes halogenated alkanes) is 5. The molecule has 0 bridgehead atoms. The van der Waals surface area contributed by atoms with E-state index in [1.165, 1.54) is 25.3 Å². The molecule has 2 rings (SSSR count).